The molecule has 0 aliphatic carbocycles. The van der Waals surface area contributed by atoms with Crippen molar-refractivity contribution in [3.63, 3.8) is 0 Å². The van der Waals surface area contributed by atoms with E-state index in [2.05, 4.69) is 27.6 Å². The average molecular weight is 358 g/mol. The molecule has 1 heterocycles. The second-order valence-corrected chi connectivity index (χ2v) is 5.96. The highest BCUT2D eigenvalue weighted by atomic mass is 16.2. The summed E-state index contributed by atoms with van der Waals surface area (Å²) >= 11 is 0. The Morgan fingerprint density at radius 3 is 2.22 bits per heavy atom. The minimum absolute atomic E-state index is 0.100. The number of hydrazone groups is 1. The van der Waals surface area contributed by atoms with Gasteiger partial charge in [-0.2, -0.15) is 15.6 Å². The molecule has 3 rings (SSSR count). The van der Waals surface area contributed by atoms with Crippen LogP contribution in [0.25, 0.3) is 0 Å². The van der Waals surface area contributed by atoms with E-state index in [1.807, 2.05) is 18.2 Å². The van der Waals surface area contributed by atoms with Gasteiger partial charge in [-0.1, -0.05) is 30.3 Å². The SMILES string of the molecule is N#CC(C#N)=NNc1ccccc1C(=O)N1CCN(c2ccccc2)CC1. The van der Waals surface area contributed by atoms with Gasteiger partial charge in [-0.25, -0.2) is 0 Å². The highest BCUT2D eigenvalue weighted by Gasteiger charge is 2.23. The summed E-state index contributed by atoms with van der Waals surface area (Å²) < 4.78 is 0. The minimum Gasteiger partial charge on any atom is -0.368 e. The van der Waals surface area contributed by atoms with Gasteiger partial charge >= 0.3 is 0 Å². The van der Waals surface area contributed by atoms with Gasteiger partial charge in [0, 0.05) is 31.9 Å². The summed E-state index contributed by atoms with van der Waals surface area (Å²) in [7, 11) is 0. The van der Waals surface area contributed by atoms with Crippen LogP contribution in [-0.2, 0) is 0 Å². The van der Waals surface area contributed by atoms with Gasteiger partial charge in [0.2, 0.25) is 5.71 Å². The van der Waals surface area contributed by atoms with E-state index < -0.39 is 0 Å². The van der Waals surface area contributed by atoms with E-state index in [4.69, 9.17) is 10.5 Å². The van der Waals surface area contributed by atoms with E-state index in [9.17, 15) is 4.79 Å². The third kappa shape index (κ3) is 4.23. The predicted octanol–water partition coefficient (Wildman–Crippen LogP) is 2.46. The molecule has 0 bridgehead atoms. The summed E-state index contributed by atoms with van der Waals surface area (Å²) in [5.74, 6) is -0.100. The van der Waals surface area contributed by atoms with Crippen LogP contribution in [0.4, 0.5) is 11.4 Å². The first-order chi connectivity index (χ1) is 13.2. The van der Waals surface area contributed by atoms with Crippen LogP contribution in [0.1, 0.15) is 10.4 Å². The molecule has 1 aliphatic heterocycles. The van der Waals surface area contributed by atoms with Crippen LogP contribution in [0.2, 0.25) is 0 Å². The summed E-state index contributed by atoms with van der Waals surface area (Å²) in [5, 5.41) is 21.3. The summed E-state index contributed by atoms with van der Waals surface area (Å²) in [6.07, 6.45) is 0. The lowest BCUT2D eigenvalue weighted by Gasteiger charge is -2.36. The number of carbonyl (C=O) groups excluding carboxylic acids is 1. The zero-order chi connectivity index (χ0) is 19.1. The fraction of sp³-hybridized carbons (Fsp3) is 0.200. The molecular weight excluding hydrogens is 340 g/mol. The highest BCUT2D eigenvalue weighted by Crippen LogP contribution is 2.20. The molecule has 134 valence electrons. The Kier molecular flexibility index (Phi) is 5.66. The maximum absolute atomic E-state index is 12.9. The van der Waals surface area contributed by atoms with Gasteiger partial charge in [-0.3, -0.25) is 10.2 Å². The number of amides is 1. The molecule has 2 aromatic carbocycles. The van der Waals surface area contributed by atoms with Crippen molar-refractivity contribution >= 4 is 23.0 Å². The Morgan fingerprint density at radius 2 is 1.56 bits per heavy atom. The number of carbonyl (C=O) groups is 1. The Balaban J connectivity index is 1.70. The van der Waals surface area contributed by atoms with E-state index in [1.54, 1.807) is 41.3 Å². The highest BCUT2D eigenvalue weighted by molar-refractivity contribution is 6.10. The van der Waals surface area contributed by atoms with Crippen LogP contribution in [0.15, 0.2) is 59.7 Å². The van der Waals surface area contributed by atoms with E-state index in [0.29, 0.717) is 24.3 Å². The molecule has 0 unspecified atom stereocenters. The van der Waals surface area contributed by atoms with Crippen molar-refractivity contribution in [3.8, 4) is 12.1 Å². The standard InChI is InChI=1S/C20H18N6O/c21-14-16(15-22)23-24-19-9-5-4-8-18(19)20(27)26-12-10-25(11-13-26)17-6-2-1-3-7-17/h1-9,24H,10-13H2. The van der Waals surface area contributed by atoms with Crippen LogP contribution < -0.4 is 10.3 Å². The van der Waals surface area contributed by atoms with E-state index in [1.165, 1.54) is 0 Å². The molecule has 27 heavy (non-hydrogen) atoms. The van der Waals surface area contributed by atoms with Gasteiger partial charge in [0.15, 0.2) is 0 Å². The molecule has 7 heteroatoms. The summed E-state index contributed by atoms with van der Waals surface area (Å²) in [6.45, 7) is 2.76. The van der Waals surface area contributed by atoms with Gasteiger partial charge < -0.3 is 9.80 Å². The van der Waals surface area contributed by atoms with E-state index in [0.717, 1.165) is 18.8 Å². The number of hydrogen-bond acceptors (Lipinski definition) is 6. The Bertz CT molecular complexity index is 901. The number of anilines is 2. The molecule has 1 saturated heterocycles. The number of benzene rings is 2. The maximum Gasteiger partial charge on any atom is 0.256 e. The number of nitriles is 2. The van der Waals surface area contributed by atoms with Crippen molar-refractivity contribution in [2.75, 3.05) is 36.5 Å². The molecule has 0 saturated carbocycles. The Morgan fingerprint density at radius 1 is 0.926 bits per heavy atom. The first-order valence-corrected chi connectivity index (χ1v) is 8.55. The van der Waals surface area contributed by atoms with Gasteiger partial charge in [0.05, 0.1) is 11.3 Å². The zero-order valence-electron chi connectivity index (χ0n) is 14.7. The second kappa shape index (κ2) is 8.50. The number of hydrogen-bond donors (Lipinski definition) is 1. The Hall–Kier alpha value is -3.84. The van der Waals surface area contributed by atoms with Crippen LogP contribution in [0.3, 0.4) is 0 Å². The lowest BCUT2D eigenvalue weighted by Crippen LogP contribution is -2.48. The smallest absolute Gasteiger partial charge is 0.256 e. The fourth-order valence-electron chi connectivity index (χ4n) is 2.94. The normalized spacial score (nSPS) is 13.3. The Labute approximate surface area is 157 Å². The van der Waals surface area contributed by atoms with Crippen molar-refractivity contribution in [1.29, 1.82) is 10.5 Å². The zero-order valence-corrected chi connectivity index (χ0v) is 14.7. The number of piperazine rings is 1. The molecule has 1 fully saturated rings. The van der Waals surface area contributed by atoms with Crippen LogP contribution in [0, 0.1) is 22.7 Å². The average Bonchev–Trinajstić information content (AvgIpc) is 2.75. The van der Waals surface area contributed by atoms with Crippen molar-refractivity contribution in [2.45, 2.75) is 0 Å². The maximum atomic E-state index is 12.9. The third-order valence-electron chi connectivity index (χ3n) is 4.35. The molecule has 1 aliphatic rings. The third-order valence-corrected chi connectivity index (χ3v) is 4.35. The van der Waals surface area contributed by atoms with Gasteiger partial charge in [0.25, 0.3) is 5.91 Å². The molecular formula is C20H18N6O. The number of para-hydroxylation sites is 2. The van der Waals surface area contributed by atoms with Crippen LogP contribution >= 0.6 is 0 Å². The molecule has 0 aromatic heterocycles. The first kappa shape index (κ1) is 18.0. The van der Waals surface area contributed by atoms with E-state index in [-0.39, 0.29) is 11.6 Å². The van der Waals surface area contributed by atoms with Gasteiger partial charge in [-0.15, -0.1) is 0 Å². The molecule has 1 amide bonds. The molecule has 0 spiro atoms. The molecule has 0 radical (unpaired) electrons. The van der Waals surface area contributed by atoms with Crippen molar-refractivity contribution < 1.29 is 4.79 Å². The van der Waals surface area contributed by atoms with Crippen molar-refractivity contribution in [1.82, 2.24) is 4.90 Å². The largest absolute Gasteiger partial charge is 0.368 e. The molecule has 1 N–H and O–H groups in total. The second-order valence-electron chi connectivity index (χ2n) is 5.96. The molecule has 7 nitrogen and oxygen atoms in total. The predicted molar refractivity (Wildman–Crippen MR) is 103 cm³/mol. The topological polar surface area (TPSA) is 95.5 Å². The monoisotopic (exact) mass is 358 g/mol. The molecule has 2 aromatic rings. The van der Waals surface area contributed by atoms with E-state index >= 15 is 0 Å². The fourth-order valence-corrected chi connectivity index (χ4v) is 2.94. The van der Waals surface area contributed by atoms with Crippen LogP contribution in [0.5, 0.6) is 0 Å². The van der Waals surface area contributed by atoms with Crippen LogP contribution in [-0.4, -0.2) is 42.7 Å². The minimum atomic E-state index is -0.297. The van der Waals surface area contributed by atoms with Gasteiger partial charge in [-0.05, 0) is 24.3 Å². The number of nitrogens with one attached hydrogen (secondary N) is 1. The van der Waals surface area contributed by atoms with Crippen molar-refractivity contribution in [2.24, 2.45) is 5.10 Å². The first-order valence-electron chi connectivity index (χ1n) is 8.55. The lowest BCUT2D eigenvalue weighted by molar-refractivity contribution is 0.0747. The lowest BCUT2D eigenvalue weighted by atomic mass is 10.1. The molecule has 0 atom stereocenters. The van der Waals surface area contributed by atoms with Crippen molar-refractivity contribution in [3.05, 3.63) is 60.2 Å². The quantitative estimate of drug-likeness (QED) is 0.669. The number of nitrogens with zero attached hydrogens (tertiary/aromatic N) is 5. The summed E-state index contributed by atoms with van der Waals surface area (Å²) in [5.41, 5.74) is 4.44. The van der Waals surface area contributed by atoms with Gasteiger partial charge in [0.1, 0.15) is 12.1 Å². The summed E-state index contributed by atoms with van der Waals surface area (Å²) in [4.78, 5) is 17.0. The number of rotatable bonds is 4. The summed E-state index contributed by atoms with van der Waals surface area (Å²) in [6, 6.07) is 20.4.